The van der Waals surface area contributed by atoms with Gasteiger partial charge in [-0.05, 0) is 19.1 Å². The van der Waals surface area contributed by atoms with Crippen molar-refractivity contribution in [2.45, 2.75) is 11.8 Å². The van der Waals surface area contributed by atoms with Crippen molar-refractivity contribution in [3.63, 3.8) is 0 Å². The van der Waals surface area contributed by atoms with E-state index >= 15 is 0 Å². The Balaban J connectivity index is 3.15. The van der Waals surface area contributed by atoms with Gasteiger partial charge in [0.1, 0.15) is 0 Å². The van der Waals surface area contributed by atoms with E-state index in [1.54, 1.807) is 12.1 Å². The molecule has 0 unspecified atom stereocenters. The van der Waals surface area contributed by atoms with E-state index in [-0.39, 0.29) is 4.90 Å². The van der Waals surface area contributed by atoms with Gasteiger partial charge in [-0.1, -0.05) is 17.7 Å². The van der Waals surface area contributed by atoms with E-state index < -0.39 is 16.1 Å². The second kappa shape index (κ2) is 4.90. The Labute approximate surface area is 98.6 Å². The molecule has 0 aliphatic carbocycles. The Bertz CT molecular complexity index is 571. The summed E-state index contributed by atoms with van der Waals surface area (Å²) in [4.78, 5) is 23.7. The number of nitrogens with zero attached hydrogens (tertiary/aromatic N) is 2. The molecule has 0 saturated carbocycles. The van der Waals surface area contributed by atoms with Crippen molar-refractivity contribution in [3.05, 3.63) is 29.8 Å². The van der Waals surface area contributed by atoms with Crippen LogP contribution in [0.3, 0.4) is 0 Å². The zero-order chi connectivity index (χ0) is 13.1. The molecule has 0 aliphatic heterocycles. The number of hydrogen-bond donors (Lipinski definition) is 0. The largest absolute Gasteiger partial charge is 0.368 e. The minimum absolute atomic E-state index is 0.0416. The summed E-state index contributed by atoms with van der Waals surface area (Å²) in [5.41, 5.74) is 0.892. The van der Waals surface area contributed by atoms with Crippen molar-refractivity contribution in [3.8, 4) is 0 Å². The molecule has 0 fully saturated rings. The molecule has 0 N–H and O–H groups in total. The quantitative estimate of drug-likeness (QED) is 0.583. The molecular formula is C10H10N2O4S. The van der Waals surface area contributed by atoms with Crippen LogP contribution in [-0.2, 0) is 14.8 Å². The van der Waals surface area contributed by atoms with E-state index in [1.807, 2.05) is 6.92 Å². The zero-order valence-electron chi connectivity index (χ0n) is 9.25. The molecule has 0 saturated heterocycles. The number of aliphatic imine (C=N–C) groups is 1. The van der Waals surface area contributed by atoms with Gasteiger partial charge in [0.05, 0.1) is 4.90 Å². The Morgan fingerprint density at radius 2 is 1.82 bits per heavy atom. The second-order valence-corrected chi connectivity index (χ2v) is 5.24. The van der Waals surface area contributed by atoms with Crippen molar-refractivity contribution in [1.29, 1.82) is 0 Å². The lowest BCUT2D eigenvalue weighted by atomic mass is 10.2. The molecule has 1 aromatic rings. The van der Waals surface area contributed by atoms with Gasteiger partial charge in [0, 0.05) is 7.05 Å². The molecule has 0 radical (unpaired) electrons. The number of rotatable bonds is 2. The molecule has 0 atom stereocenters. The number of hydrogen-bond acceptors (Lipinski definition) is 4. The molecule has 2 amide bonds. The van der Waals surface area contributed by atoms with Gasteiger partial charge >= 0.3 is 6.03 Å². The Hall–Kier alpha value is -1.98. The SMILES string of the molecule is Cc1ccc(S(=O)(=O)N(C)C(=O)N=C=O)cc1. The van der Waals surface area contributed by atoms with E-state index in [9.17, 15) is 18.0 Å². The predicted molar refractivity (Wildman–Crippen MR) is 59.6 cm³/mol. The van der Waals surface area contributed by atoms with Crippen LogP contribution >= 0.6 is 0 Å². The minimum Gasteiger partial charge on any atom is -0.244 e. The van der Waals surface area contributed by atoms with Crippen LogP contribution in [0.5, 0.6) is 0 Å². The topological polar surface area (TPSA) is 83.9 Å². The van der Waals surface area contributed by atoms with Gasteiger partial charge in [-0.2, -0.15) is 0 Å². The Kier molecular flexibility index (Phi) is 3.77. The van der Waals surface area contributed by atoms with Crippen LogP contribution in [0.1, 0.15) is 5.56 Å². The predicted octanol–water partition coefficient (Wildman–Crippen LogP) is 1.07. The van der Waals surface area contributed by atoms with Gasteiger partial charge < -0.3 is 0 Å². The highest BCUT2D eigenvalue weighted by atomic mass is 32.2. The number of urea groups is 1. The van der Waals surface area contributed by atoms with Gasteiger partial charge in [0.15, 0.2) is 0 Å². The first-order valence-electron chi connectivity index (χ1n) is 4.57. The number of amides is 2. The van der Waals surface area contributed by atoms with Crippen molar-refractivity contribution >= 4 is 22.1 Å². The van der Waals surface area contributed by atoms with E-state index in [2.05, 4.69) is 4.99 Å². The standard InChI is InChI=1S/C10H10N2O4S/c1-8-3-5-9(6-4-8)17(15,16)12(2)10(14)11-7-13/h3-6H,1-2H3. The maximum Gasteiger partial charge on any atom is 0.368 e. The van der Waals surface area contributed by atoms with E-state index in [4.69, 9.17) is 0 Å². The number of sulfonamides is 1. The number of benzene rings is 1. The molecule has 90 valence electrons. The van der Waals surface area contributed by atoms with Crippen LogP contribution < -0.4 is 0 Å². The van der Waals surface area contributed by atoms with Crippen LogP contribution in [0.4, 0.5) is 4.79 Å². The number of carbonyl (C=O) groups is 1. The molecule has 0 bridgehead atoms. The molecular weight excluding hydrogens is 244 g/mol. The van der Waals surface area contributed by atoms with Crippen LogP contribution in [0.25, 0.3) is 0 Å². The zero-order valence-corrected chi connectivity index (χ0v) is 10.1. The first kappa shape index (κ1) is 13.1. The molecule has 0 spiro atoms. The van der Waals surface area contributed by atoms with Crippen molar-refractivity contribution in [1.82, 2.24) is 4.31 Å². The molecule has 0 heterocycles. The lowest BCUT2D eigenvalue weighted by molar-refractivity contribution is 0.237. The van der Waals surface area contributed by atoms with Crippen LogP contribution in [-0.4, -0.2) is 31.9 Å². The van der Waals surface area contributed by atoms with E-state index in [0.717, 1.165) is 18.7 Å². The summed E-state index contributed by atoms with van der Waals surface area (Å²) in [5.74, 6) is 0. The molecule has 7 heteroatoms. The number of carbonyl (C=O) groups excluding carboxylic acids is 2. The molecule has 1 rings (SSSR count). The fourth-order valence-corrected chi connectivity index (χ4v) is 2.12. The summed E-state index contributed by atoms with van der Waals surface area (Å²) in [6, 6.07) is 4.78. The van der Waals surface area contributed by atoms with Gasteiger partial charge in [-0.25, -0.2) is 22.3 Å². The highest BCUT2D eigenvalue weighted by Crippen LogP contribution is 2.15. The summed E-state index contributed by atoms with van der Waals surface area (Å²) in [6.07, 6.45) is 1.00. The lowest BCUT2D eigenvalue weighted by Crippen LogP contribution is -2.30. The fraction of sp³-hybridized carbons (Fsp3) is 0.200. The number of isocyanates is 1. The van der Waals surface area contributed by atoms with Crippen LogP contribution in [0.15, 0.2) is 34.2 Å². The summed E-state index contributed by atoms with van der Waals surface area (Å²) >= 11 is 0. The third-order valence-corrected chi connectivity index (χ3v) is 3.84. The highest BCUT2D eigenvalue weighted by Gasteiger charge is 2.25. The van der Waals surface area contributed by atoms with Crippen molar-refractivity contribution < 1.29 is 18.0 Å². The van der Waals surface area contributed by atoms with Crippen LogP contribution in [0, 0.1) is 6.92 Å². The minimum atomic E-state index is -3.97. The Morgan fingerprint density at radius 3 is 2.29 bits per heavy atom. The monoisotopic (exact) mass is 254 g/mol. The maximum absolute atomic E-state index is 11.9. The third kappa shape index (κ3) is 2.77. The van der Waals surface area contributed by atoms with Crippen molar-refractivity contribution in [2.24, 2.45) is 4.99 Å². The molecule has 1 aromatic carbocycles. The molecule has 0 aromatic heterocycles. The first-order chi connectivity index (χ1) is 7.89. The first-order valence-corrected chi connectivity index (χ1v) is 6.01. The van der Waals surface area contributed by atoms with Crippen LogP contribution in [0.2, 0.25) is 0 Å². The average Bonchev–Trinajstić information content (AvgIpc) is 2.29. The summed E-state index contributed by atoms with van der Waals surface area (Å²) in [7, 11) is -2.94. The summed E-state index contributed by atoms with van der Waals surface area (Å²) in [5, 5.41) is 0. The fourth-order valence-electron chi connectivity index (χ4n) is 1.08. The summed E-state index contributed by atoms with van der Waals surface area (Å²) in [6.45, 7) is 1.81. The Morgan fingerprint density at radius 1 is 1.29 bits per heavy atom. The van der Waals surface area contributed by atoms with Gasteiger partial charge in [-0.3, -0.25) is 0 Å². The second-order valence-electron chi connectivity index (χ2n) is 3.27. The molecule has 0 aliphatic rings. The maximum atomic E-state index is 11.9. The van der Waals surface area contributed by atoms with E-state index in [1.165, 1.54) is 12.1 Å². The van der Waals surface area contributed by atoms with Gasteiger partial charge in [0.2, 0.25) is 6.08 Å². The summed E-state index contributed by atoms with van der Waals surface area (Å²) < 4.78 is 24.1. The lowest BCUT2D eigenvalue weighted by Gasteiger charge is -2.14. The van der Waals surface area contributed by atoms with E-state index in [0.29, 0.717) is 4.31 Å². The smallest absolute Gasteiger partial charge is 0.244 e. The number of aryl methyl sites for hydroxylation is 1. The van der Waals surface area contributed by atoms with Gasteiger partial charge in [0.25, 0.3) is 10.0 Å². The third-order valence-electron chi connectivity index (χ3n) is 2.09. The molecule has 6 nitrogen and oxygen atoms in total. The van der Waals surface area contributed by atoms with Gasteiger partial charge in [-0.15, -0.1) is 4.99 Å². The highest BCUT2D eigenvalue weighted by molar-refractivity contribution is 7.89. The normalized spacial score (nSPS) is 10.5. The van der Waals surface area contributed by atoms with Crippen molar-refractivity contribution in [2.75, 3.05) is 7.05 Å². The average molecular weight is 254 g/mol. The molecule has 17 heavy (non-hydrogen) atoms.